The monoisotopic (exact) mass is 343 g/mol. The van der Waals surface area contributed by atoms with Gasteiger partial charge in [0.2, 0.25) is 0 Å². The number of benzene rings is 1. The quantitative estimate of drug-likeness (QED) is 0.832. The topological polar surface area (TPSA) is 55.8 Å². The Balaban J connectivity index is 1.67. The molecule has 2 aliphatic rings. The van der Waals surface area contributed by atoms with Gasteiger partial charge in [-0.2, -0.15) is 0 Å². The van der Waals surface area contributed by atoms with Crippen LogP contribution in [0.4, 0.5) is 0 Å². The third-order valence-corrected chi connectivity index (χ3v) is 5.72. The van der Waals surface area contributed by atoms with Crippen molar-refractivity contribution in [3.63, 3.8) is 0 Å². The van der Waals surface area contributed by atoms with Crippen molar-refractivity contribution < 1.29 is 9.90 Å². The van der Waals surface area contributed by atoms with Crippen LogP contribution in [-0.2, 0) is 10.4 Å². The van der Waals surface area contributed by atoms with Crippen molar-refractivity contribution in [2.24, 2.45) is 5.92 Å². The van der Waals surface area contributed by atoms with Gasteiger partial charge < -0.3 is 20.2 Å². The molecule has 1 aromatic rings. The largest absolute Gasteiger partial charge is 0.375 e. The molecule has 1 fully saturated rings. The van der Waals surface area contributed by atoms with Crippen molar-refractivity contribution in [2.45, 2.75) is 44.4 Å². The van der Waals surface area contributed by atoms with Gasteiger partial charge in [-0.3, -0.25) is 4.79 Å². The normalized spacial score (nSPS) is 23.1. The van der Waals surface area contributed by atoms with Crippen LogP contribution in [0.5, 0.6) is 0 Å². The number of amides is 1. The summed E-state index contributed by atoms with van der Waals surface area (Å²) >= 11 is 0. The first-order chi connectivity index (χ1) is 12.0. The molecule has 2 N–H and O–H groups in total. The Hall–Kier alpha value is -2.01. The summed E-state index contributed by atoms with van der Waals surface area (Å²) in [5.41, 5.74) is -0.727. The molecule has 0 saturated heterocycles. The standard InChI is InChI=1S/C20H29N3O2/c1-16-22(2)14-15-23(16)13-12-21-19(24)20(25,18-10-6-7-11-18)17-8-4-3-5-9-17/h3-5,8-9,14-16,18,25H,6-7,10-13H2,1-2H3,(H,21,24). The molecule has 0 radical (unpaired) electrons. The Kier molecular flexibility index (Phi) is 5.33. The van der Waals surface area contributed by atoms with Crippen molar-refractivity contribution >= 4 is 5.91 Å². The van der Waals surface area contributed by atoms with Crippen LogP contribution in [0, 0.1) is 5.92 Å². The molecule has 1 saturated carbocycles. The number of rotatable bonds is 6. The van der Waals surface area contributed by atoms with Crippen molar-refractivity contribution in [3.05, 3.63) is 48.3 Å². The summed E-state index contributed by atoms with van der Waals surface area (Å²) in [6.07, 6.45) is 8.32. The summed E-state index contributed by atoms with van der Waals surface area (Å²) in [6.45, 7) is 3.37. The number of carbonyl (C=O) groups is 1. The lowest BCUT2D eigenvalue weighted by Gasteiger charge is -2.34. The molecule has 0 spiro atoms. The van der Waals surface area contributed by atoms with Gasteiger partial charge >= 0.3 is 0 Å². The minimum absolute atomic E-state index is 0.00774. The first-order valence-electron chi connectivity index (χ1n) is 9.25. The molecule has 5 heteroatoms. The third-order valence-electron chi connectivity index (χ3n) is 5.72. The van der Waals surface area contributed by atoms with E-state index >= 15 is 0 Å². The van der Waals surface area contributed by atoms with Gasteiger partial charge in [-0.1, -0.05) is 43.2 Å². The van der Waals surface area contributed by atoms with Gasteiger partial charge in [0.25, 0.3) is 5.91 Å². The molecule has 1 heterocycles. The van der Waals surface area contributed by atoms with Gasteiger partial charge in [0.05, 0.1) is 6.17 Å². The van der Waals surface area contributed by atoms with Gasteiger partial charge in [0.1, 0.15) is 0 Å². The van der Waals surface area contributed by atoms with E-state index in [4.69, 9.17) is 0 Å². The van der Waals surface area contributed by atoms with Crippen LogP contribution in [0.15, 0.2) is 42.7 Å². The van der Waals surface area contributed by atoms with Crippen molar-refractivity contribution in [1.29, 1.82) is 0 Å². The summed E-state index contributed by atoms with van der Waals surface area (Å²) in [5, 5.41) is 14.4. The predicted molar refractivity (Wildman–Crippen MR) is 98.4 cm³/mol. The Morgan fingerprint density at radius 2 is 1.92 bits per heavy atom. The van der Waals surface area contributed by atoms with E-state index < -0.39 is 5.60 Å². The first kappa shape index (κ1) is 17.8. The smallest absolute Gasteiger partial charge is 0.256 e. The number of carbonyl (C=O) groups excluding carboxylic acids is 1. The average molecular weight is 343 g/mol. The Bertz CT molecular complexity index is 613. The van der Waals surface area contributed by atoms with E-state index in [1.54, 1.807) is 0 Å². The van der Waals surface area contributed by atoms with Gasteiger partial charge in [0, 0.05) is 38.5 Å². The van der Waals surface area contributed by atoms with Gasteiger partial charge in [0.15, 0.2) is 5.60 Å². The van der Waals surface area contributed by atoms with Crippen LogP contribution in [0.2, 0.25) is 0 Å². The van der Waals surface area contributed by atoms with Crippen LogP contribution in [0.25, 0.3) is 0 Å². The molecule has 1 aliphatic heterocycles. The van der Waals surface area contributed by atoms with Crippen LogP contribution < -0.4 is 5.32 Å². The first-order valence-corrected chi connectivity index (χ1v) is 9.25. The lowest BCUT2D eigenvalue weighted by molar-refractivity contribution is -0.147. The van der Waals surface area contributed by atoms with E-state index in [1.165, 1.54) is 0 Å². The van der Waals surface area contributed by atoms with E-state index in [0.29, 0.717) is 18.3 Å². The fourth-order valence-corrected chi connectivity index (χ4v) is 3.96. The predicted octanol–water partition coefficient (Wildman–Crippen LogP) is 2.25. The van der Waals surface area contributed by atoms with E-state index in [-0.39, 0.29) is 11.8 Å². The highest BCUT2D eigenvalue weighted by atomic mass is 16.3. The Labute approximate surface area is 150 Å². The molecule has 5 nitrogen and oxygen atoms in total. The fourth-order valence-electron chi connectivity index (χ4n) is 3.96. The minimum atomic E-state index is -1.43. The zero-order valence-corrected chi connectivity index (χ0v) is 15.2. The summed E-state index contributed by atoms with van der Waals surface area (Å²) in [5.74, 6) is -0.276. The maximum Gasteiger partial charge on any atom is 0.256 e. The second-order valence-electron chi connectivity index (χ2n) is 7.20. The second-order valence-corrected chi connectivity index (χ2v) is 7.20. The summed E-state index contributed by atoms with van der Waals surface area (Å²) in [4.78, 5) is 17.3. The van der Waals surface area contributed by atoms with E-state index in [2.05, 4.69) is 22.0 Å². The van der Waals surface area contributed by atoms with E-state index in [0.717, 1.165) is 32.2 Å². The maximum atomic E-state index is 13.0. The highest BCUT2D eigenvalue weighted by molar-refractivity contribution is 5.86. The molecule has 1 aromatic carbocycles. The summed E-state index contributed by atoms with van der Waals surface area (Å²) in [7, 11) is 2.04. The molecule has 2 atom stereocenters. The molecule has 2 unspecified atom stereocenters. The lowest BCUT2D eigenvalue weighted by atomic mass is 9.79. The highest BCUT2D eigenvalue weighted by Crippen LogP contribution is 2.40. The minimum Gasteiger partial charge on any atom is -0.375 e. The van der Waals surface area contributed by atoms with Crippen molar-refractivity contribution in [1.82, 2.24) is 15.1 Å². The Morgan fingerprint density at radius 1 is 1.24 bits per heavy atom. The second kappa shape index (κ2) is 7.48. The number of hydrogen-bond donors (Lipinski definition) is 2. The summed E-state index contributed by atoms with van der Waals surface area (Å²) in [6, 6.07) is 9.40. The van der Waals surface area contributed by atoms with E-state index in [9.17, 15) is 9.90 Å². The molecule has 0 aromatic heterocycles. The van der Waals surface area contributed by atoms with Crippen LogP contribution in [0.1, 0.15) is 38.2 Å². The molecule has 1 amide bonds. The molecular formula is C20H29N3O2. The number of aliphatic hydroxyl groups is 1. The third kappa shape index (κ3) is 3.52. The highest BCUT2D eigenvalue weighted by Gasteiger charge is 2.46. The average Bonchev–Trinajstić information content (AvgIpc) is 3.28. The molecule has 25 heavy (non-hydrogen) atoms. The van der Waals surface area contributed by atoms with Gasteiger partial charge in [-0.25, -0.2) is 0 Å². The van der Waals surface area contributed by atoms with Crippen molar-refractivity contribution in [2.75, 3.05) is 20.1 Å². The zero-order chi connectivity index (χ0) is 17.9. The van der Waals surface area contributed by atoms with Gasteiger partial charge in [-0.15, -0.1) is 0 Å². The van der Waals surface area contributed by atoms with E-state index in [1.807, 2.05) is 49.8 Å². The van der Waals surface area contributed by atoms with Crippen molar-refractivity contribution in [3.8, 4) is 0 Å². The lowest BCUT2D eigenvalue weighted by Crippen LogP contribution is -2.50. The van der Waals surface area contributed by atoms with Crippen LogP contribution in [-0.4, -0.2) is 47.1 Å². The maximum absolute atomic E-state index is 13.0. The fraction of sp³-hybridized carbons (Fsp3) is 0.550. The molecule has 3 rings (SSSR count). The van der Waals surface area contributed by atoms with Gasteiger partial charge in [-0.05, 0) is 25.3 Å². The van der Waals surface area contributed by atoms with Crippen LogP contribution in [0.3, 0.4) is 0 Å². The van der Waals surface area contributed by atoms with Crippen LogP contribution >= 0.6 is 0 Å². The molecular weight excluding hydrogens is 314 g/mol. The number of nitrogens with one attached hydrogen (secondary N) is 1. The molecule has 136 valence electrons. The Morgan fingerprint density at radius 3 is 2.52 bits per heavy atom. The SMILES string of the molecule is CC1N(C)C=CN1CCNC(=O)C(O)(c1ccccc1)C1CCCC1. The summed E-state index contributed by atoms with van der Waals surface area (Å²) < 4.78 is 0. The zero-order valence-electron chi connectivity index (χ0n) is 15.2. The molecule has 1 aliphatic carbocycles. The number of nitrogens with zero attached hydrogens (tertiary/aromatic N) is 2. The number of hydrogen-bond acceptors (Lipinski definition) is 4. The molecule has 0 bridgehead atoms.